The Kier molecular flexibility index (Phi) is 4.54. The third-order valence-electron chi connectivity index (χ3n) is 1.61. The summed E-state index contributed by atoms with van der Waals surface area (Å²) in [6.45, 7) is 12.2. The lowest BCUT2D eigenvalue weighted by molar-refractivity contribution is -0.0257. The topological polar surface area (TPSA) is 26.3 Å². The van der Waals surface area contributed by atoms with E-state index in [1.165, 1.54) is 0 Å². The van der Waals surface area contributed by atoms with Crippen molar-refractivity contribution < 1.29 is 9.30 Å². The quantitative estimate of drug-likeness (QED) is 0.650. The average molecular weight is 204 g/mol. The fraction of sp³-hybridized carbons (Fsp3) is 1.00. The second-order valence-corrected chi connectivity index (χ2v) is 6.49. The lowest BCUT2D eigenvalue weighted by Crippen LogP contribution is -2.26. The zero-order valence-corrected chi connectivity index (χ0v) is 10.4. The van der Waals surface area contributed by atoms with Gasteiger partial charge in [0, 0.05) is 0 Å². The van der Waals surface area contributed by atoms with Gasteiger partial charge in [-0.15, -0.1) is 0 Å². The Hall–Kier alpha value is 0.0600. The molecule has 2 nitrogen and oxygen atoms in total. The Morgan fingerprint density at radius 3 is 2.00 bits per heavy atom. The summed E-state index contributed by atoms with van der Waals surface area (Å²) in [5.41, 5.74) is 0.259. The van der Waals surface area contributed by atoms with Crippen molar-refractivity contribution in [2.24, 2.45) is 5.41 Å². The fourth-order valence-corrected chi connectivity index (χ4v) is 1.64. The molecule has 78 valence electrons. The molecule has 1 unspecified atom stereocenters. The molecule has 0 fully saturated rings. The third kappa shape index (κ3) is 7.16. The molecule has 3 heteroatoms. The number of hydrogen-bond donors (Lipinski definition) is 0. The largest absolute Gasteiger partial charge is 0.360 e. The molecule has 0 rings (SSSR count). The van der Waals surface area contributed by atoms with E-state index in [0.29, 0.717) is 0 Å². The van der Waals surface area contributed by atoms with Gasteiger partial charge in [0.15, 0.2) is 8.46 Å². The maximum Gasteiger partial charge on any atom is 0.190 e. The predicted octanol–water partition coefficient (Wildman–Crippen LogP) is 3.86. The van der Waals surface area contributed by atoms with E-state index in [0.717, 1.165) is 6.42 Å². The zero-order valence-electron chi connectivity index (χ0n) is 9.55. The van der Waals surface area contributed by atoms with Gasteiger partial charge in [-0.05, 0) is 32.6 Å². The van der Waals surface area contributed by atoms with E-state index in [9.17, 15) is 4.57 Å². The van der Waals surface area contributed by atoms with Crippen LogP contribution in [0.3, 0.4) is 0 Å². The van der Waals surface area contributed by atoms with Crippen molar-refractivity contribution in [1.29, 1.82) is 0 Å². The van der Waals surface area contributed by atoms with Crippen LogP contribution in [-0.4, -0.2) is 11.4 Å². The van der Waals surface area contributed by atoms with Gasteiger partial charge < -0.3 is 4.74 Å². The minimum atomic E-state index is -0.551. The Labute approximate surface area is 83.3 Å². The predicted molar refractivity (Wildman–Crippen MR) is 56.3 cm³/mol. The third-order valence-corrected chi connectivity index (χ3v) is 2.15. The first-order chi connectivity index (χ1) is 5.66. The van der Waals surface area contributed by atoms with E-state index in [4.69, 9.17) is 4.74 Å². The monoisotopic (exact) mass is 204 g/mol. The van der Waals surface area contributed by atoms with Crippen molar-refractivity contribution in [2.75, 3.05) is 0 Å². The van der Waals surface area contributed by atoms with Gasteiger partial charge in [0.05, 0.1) is 6.10 Å². The maximum absolute atomic E-state index is 10.7. The molecular formula is C10H21O2P. The molecule has 1 atom stereocenters. The van der Waals surface area contributed by atoms with Gasteiger partial charge in [-0.25, -0.2) is 0 Å². The summed E-state index contributed by atoms with van der Waals surface area (Å²) in [4.78, 5) is 0. The van der Waals surface area contributed by atoms with Crippen molar-refractivity contribution in [3.05, 3.63) is 0 Å². The Bertz CT molecular complexity index is 170. The van der Waals surface area contributed by atoms with Gasteiger partial charge in [-0.2, -0.15) is 0 Å². The van der Waals surface area contributed by atoms with E-state index >= 15 is 0 Å². The van der Waals surface area contributed by atoms with Crippen molar-refractivity contribution in [1.82, 2.24) is 0 Å². The molecule has 0 amide bonds. The van der Waals surface area contributed by atoms with Crippen LogP contribution in [0.1, 0.15) is 48.0 Å². The zero-order chi connectivity index (χ0) is 10.7. The van der Waals surface area contributed by atoms with Gasteiger partial charge in [0.1, 0.15) is 5.34 Å². The molecule has 0 aromatic rings. The standard InChI is InChI=1S/C10H21O2P/c1-8(7-9(2,3)4)12-10(5,6)13-11/h8H,7H2,1-6H3. The molecule has 0 aromatic carbocycles. The first-order valence-electron chi connectivity index (χ1n) is 4.69. The summed E-state index contributed by atoms with van der Waals surface area (Å²) in [7, 11) is 0.0503. The van der Waals surface area contributed by atoms with Crippen molar-refractivity contribution >= 4 is 8.46 Å². The minimum Gasteiger partial charge on any atom is -0.360 e. The summed E-state index contributed by atoms with van der Waals surface area (Å²) in [5.74, 6) is 0. The molecule has 0 N–H and O–H groups in total. The minimum absolute atomic E-state index is 0.0503. The van der Waals surface area contributed by atoms with Gasteiger partial charge in [0.2, 0.25) is 0 Å². The highest BCUT2D eigenvalue weighted by atomic mass is 31.1. The molecule has 0 spiro atoms. The first-order valence-corrected chi connectivity index (χ1v) is 5.50. The second kappa shape index (κ2) is 4.52. The van der Waals surface area contributed by atoms with Crippen LogP contribution in [0.15, 0.2) is 0 Å². The van der Waals surface area contributed by atoms with Crippen LogP contribution in [0, 0.1) is 5.41 Å². The SMILES string of the molecule is CC(CC(C)(C)C)OC(C)(C)P=O. The van der Waals surface area contributed by atoms with Crippen LogP contribution in [0.25, 0.3) is 0 Å². The van der Waals surface area contributed by atoms with Gasteiger partial charge in [0.25, 0.3) is 0 Å². The Morgan fingerprint density at radius 2 is 1.69 bits per heavy atom. The normalized spacial score (nSPS) is 16.2. The van der Waals surface area contributed by atoms with E-state index < -0.39 is 5.34 Å². The molecule has 0 radical (unpaired) electrons. The molecule has 0 aliphatic heterocycles. The molecule has 0 heterocycles. The van der Waals surface area contributed by atoms with Crippen molar-refractivity contribution in [2.45, 2.75) is 59.4 Å². The van der Waals surface area contributed by atoms with Gasteiger partial charge in [-0.3, -0.25) is 4.57 Å². The lowest BCUT2D eigenvalue weighted by Gasteiger charge is -2.28. The second-order valence-electron chi connectivity index (χ2n) is 5.23. The molecule has 0 aliphatic rings. The molecule has 0 saturated heterocycles. The summed E-state index contributed by atoms with van der Waals surface area (Å²) in [6.07, 6.45) is 1.13. The van der Waals surface area contributed by atoms with Crippen LogP contribution >= 0.6 is 8.46 Å². The summed E-state index contributed by atoms with van der Waals surface area (Å²) >= 11 is 0. The van der Waals surface area contributed by atoms with E-state index in [2.05, 4.69) is 20.8 Å². The van der Waals surface area contributed by atoms with E-state index in [1.807, 2.05) is 20.8 Å². The highest BCUT2D eigenvalue weighted by Gasteiger charge is 2.24. The first kappa shape index (κ1) is 13.1. The molecule has 0 aromatic heterocycles. The van der Waals surface area contributed by atoms with Gasteiger partial charge >= 0.3 is 0 Å². The van der Waals surface area contributed by atoms with Crippen LogP contribution < -0.4 is 0 Å². The molecule has 0 aliphatic carbocycles. The highest BCUT2D eigenvalue weighted by Crippen LogP contribution is 2.29. The fourth-order valence-electron chi connectivity index (χ4n) is 1.42. The number of hydrogen-bond acceptors (Lipinski definition) is 2. The average Bonchev–Trinajstić information content (AvgIpc) is 1.81. The van der Waals surface area contributed by atoms with E-state index in [1.54, 1.807) is 0 Å². The summed E-state index contributed by atoms with van der Waals surface area (Å²) < 4.78 is 16.3. The molecule has 0 bridgehead atoms. The van der Waals surface area contributed by atoms with Crippen molar-refractivity contribution in [3.63, 3.8) is 0 Å². The Balaban J connectivity index is 4.01. The molecule has 13 heavy (non-hydrogen) atoms. The smallest absolute Gasteiger partial charge is 0.190 e. The highest BCUT2D eigenvalue weighted by molar-refractivity contribution is 7.25. The van der Waals surface area contributed by atoms with Gasteiger partial charge in [-0.1, -0.05) is 20.8 Å². The Morgan fingerprint density at radius 1 is 1.23 bits per heavy atom. The lowest BCUT2D eigenvalue weighted by atomic mass is 9.90. The number of rotatable bonds is 4. The number of ether oxygens (including phenoxy) is 1. The van der Waals surface area contributed by atoms with Crippen LogP contribution in [-0.2, 0) is 9.30 Å². The summed E-state index contributed by atoms with van der Waals surface area (Å²) in [6, 6.07) is 0. The van der Waals surface area contributed by atoms with Crippen LogP contribution in [0.5, 0.6) is 0 Å². The van der Waals surface area contributed by atoms with Crippen molar-refractivity contribution in [3.8, 4) is 0 Å². The molecular weight excluding hydrogens is 183 g/mol. The van der Waals surface area contributed by atoms with Crippen LogP contribution in [0.4, 0.5) is 0 Å². The van der Waals surface area contributed by atoms with E-state index in [-0.39, 0.29) is 20.0 Å². The maximum atomic E-state index is 10.7. The summed E-state index contributed by atoms with van der Waals surface area (Å²) in [5, 5.41) is -0.551. The molecule has 0 saturated carbocycles. The van der Waals surface area contributed by atoms with Crippen LogP contribution in [0.2, 0.25) is 0 Å².